The van der Waals surface area contributed by atoms with Crippen LogP contribution < -0.4 is 10.1 Å². The molecule has 6 heteroatoms. The highest BCUT2D eigenvalue weighted by atomic mass is 32.2. The minimum Gasteiger partial charge on any atom is -0.496 e. The molecule has 5 rings (SSSR count). The number of rotatable bonds is 19. The summed E-state index contributed by atoms with van der Waals surface area (Å²) in [5.41, 5.74) is 6.56. The summed E-state index contributed by atoms with van der Waals surface area (Å²) in [6.45, 7) is 9.61. The number of thioether (sulfide) groups is 1. The van der Waals surface area contributed by atoms with Crippen molar-refractivity contribution in [3.05, 3.63) is 137 Å². The molecule has 4 aromatic rings. The molecule has 1 amide bonds. The predicted octanol–water partition coefficient (Wildman–Crippen LogP) is 8.21. The van der Waals surface area contributed by atoms with Gasteiger partial charge in [0.05, 0.1) is 18.4 Å². The number of methoxy groups -OCH3 is 1. The zero-order valence-corrected chi connectivity index (χ0v) is 30.6. The van der Waals surface area contributed by atoms with Crippen molar-refractivity contribution in [1.82, 2.24) is 15.1 Å². The van der Waals surface area contributed by atoms with Gasteiger partial charge in [0.1, 0.15) is 5.75 Å². The highest BCUT2D eigenvalue weighted by Gasteiger charge is 2.36. The molecule has 0 heterocycles. The molecule has 0 aliphatic heterocycles. The summed E-state index contributed by atoms with van der Waals surface area (Å²) in [5.74, 6) is 1.94. The molecule has 260 valence electrons. The van der Waals surface area contributed by atoms with Crippen LogP contribution in [0.3, 0.4) is 0 Å². The first kappa shape index (κ1) is 36.7. The molecule has 5 nitrogen and oxygen atoms in total. The van der Waals surface area contributed by atoms with Crippen molar-refractivity contribution < 1.29 is 9.53 Å². The Morgan fingerprint density at radius 3 is 1.98 bits per heavy atom. The van der Waals surface area contributed by atoms with E-state index in [0.717, 1.165) is 69.8 Å². The van der Waals surface area contributed by atoms with Crippen LogP contribution in [0.4, 0.5) is 0 Å². The number of nitrogens with one attached hydrogen (secondary N) is 1. The minimum atomic E-state index is -0.375. The zero-order valence-electron chi connectivity index (χ0n) is 29.8. The first-order valence-electron chi connectivity index (χ1n) is 18.3. The Kier molecular flexibility index (Phi) is 14.2. The molecule has 1 unspecified atom stereocenters. The third-order valence-corrected chi connectivity index (χ3v) is 11.3. The van der Waals surface area contributed by atoms with Crippen LogP contribution in [0.5, 0.6) is 5.75 Å². The molecule has 0 fully saturated rings. The van der Waals surface area contributed by atoms with E-state index in [2.05, 4.69) is 138 Å². The van der Waals surface area contributed by atoms with E-state index in [0.29, 0.717) is 19.1 Å². The van der Waals surface area contributed by atoms with Crippen molar-refractivity contribution in [3.8, 4) is 5.75 Å². The molecule has 0 saturated heterocycles. The van der Waals surface area contributed by atoms with Crippen molar-refractivity contribution in [1.29, 1.82) is 0 Å². The van der Waals surface area contributed by atoms with E-state index in [4.69, 9.17) is 4.74 Å². The van der Waals surface area contributed by atoms with E-state index in [1.54, 1.807) is 7.11 Å². The number of benzene rings is 4. The van der Waals surface area contributed by atoms with E-state index < -0.39 is 0 Å². The SMILES string of the molecule is CCCN(CCCN(CCC)C1CCc2c(cccc2OC)C1)CC(=O)NCCSC(c1ccccc1)(c1ccccc1)c1ccccc1. The van der Waals surface area contributed by atoms with Crippen molar-refractivity contribution in [2.45, 2.75) is 63.2 Å². The Balaban J connectivity index is 1.16. The van der Waals surface area contributed by atoms with Crippen LogP contribution in [0.2, 0.25) is 0 Å². The second-order valence-electron chi connectivity index (χ2n) is 13.1. The van der Waals surface area contributed by atoms with Gasteiger partial charge in [-0.3, -0.25) is 9.69 Å². The Labute approximate surface area is 299 Å². The van der Waals surface area contributed by atoms with E-state index in [9.17, 15) is 4.79 Å². The van der Waals surface area contributed by atoms with Gasteiger partial charge in [0, 0.05) is 18.3 Å². The minimum absolute atomic E-state index is 0.113. The number of ether oxygens (including phenoxy) is 1. The lowest BCUT2D eigenvalue weighted by molar-refractivity contribution is -0.122. The van der Waals surface area contributed by atoms with Crippen LogP contribution >= 0.6 is 11.8 Å². The predicted molar refractivity (Wildman–Crippen MR) is 207 cm³/mol. The van der Waals surface area contributed by atoms with Gasteiger partial charge in [0.2, 0.25) is 5.91 Å². The Morgan fingerprint density at radius 1 is 0.796 bits per heavy atom. The van der Waals surface area contributed by atoms with Crippen molar-refractivity contribution >= 4 is 17.7 Å². The third-order valence-electron chi connectivity index (χ3n) is 9.77. The summed E-state index contributed by atoms with van der Waals surface area (Å²) in [4.78, 5) is 18.3. The van der Waals surface area contributed by atoms with E-state index in [-0.39, 0.29) is 10.7 Å². The van der Waals surface area contributed by atoms with Gasteiger partial charge in [-0.1, -0.05) is 117 Å². The highest BCUT2D eigenvalue weighted by molar-refractivity contribution is 8.00. The molecule has 0 bridgehead atoms. The molecule has 0 radical (unpaired) electrons. The molecular formula is C43H55N3O2S. The molecule has 0 saturated carbocycles. The number of carbonyl (C=O) groups excluding carboxylic acids is 1. The normalized spacial score (nSPS) is 14.5. The van der Waals surface area contributed by atoms with Crippen LogP contribution in [0.1, 0.15) is 67.3 Å². The van der Waals surface area contributed by atoms with E-state index in [1.165, 1.54) is 34.2 Å². The Morgan fingerprint density at radius 2 is 1.41 bits per heavy atom. The van der Waals surface area contributed by atoms with Gasteiger partial charge in [-0.15, -0.1) is 11.8 Å². The van der Waals surface area contributed by atoms with Gasteiger partial charge in [-0.25, -0.2) is 0 Å². The molecule has 1 N–H and O–H groups in total. The van der Waals surface area contributed by atoms with E-state index in [1.807, 2.05) is 11.8 Å². The molecule has 1 aliphatic carbocycles. The summed E-state index contributed by atoms with van der Waals surface area (Å²) in [5, 5.41) is 3.27. The van der Waals surface area contributed by atoms with Crippen LogP contribution in [-0.4, -0.2) is 73.9 Å². The van der Waals surface area contributed by atoms with Gasteiger partial charge < -0.3 is 15.0 Å². The summed E-state index contributed by atoms with van der Waals surface area (Å²) in [6.07, 6.45) is 6.60. The summed E-state index contributed by atoms with van der Waals surface area (Å²) in [6, 6.07) is 39.3. The summed E-state index contributed by atoms with van der Waals surface area (Å²) < 4.78 is 5.27. The molecule has 49 heavy (non-hydrogen) atoms. The average Bonchev–Trinajstić information content (AvgIpc) is 3.15. The molecule has 4 aromatic carbocycles. The van der Waals surface area contributed by atoms with Crippen molar-refractivity contribution in [2.24, 2.45) is 0 Å². The number of nitrogens with zero attached hydrogens (tertiary/aromatic N) is 2. The van der Waals surface area contributed by atoms with Crippen LogP contribution in [-0.2, 0) is 22.4 Å². The lowest BCUT2D eigenvalue weighted by atomic mass is 9.84. The Bertz CT molecular complexity index is 1450. The number of amides is 1. The Hall–Kier alpha value is -3.58. The van der Waals surface area contributed by atoms with Gasteiger partial charge in [-0.2, -0.15) is 0 Å². The third kappa shape index (κ3) is 9.56. The average molecular weight is 678 g/mol. The maximum atomic E-state index is 13.3. The maximum Gasteiger partial charge on any atom is 0.234 e. The monoisotopic (exact) mass is 677 g/mol. The first-order valence-corrected chi connectivity index (χ1v) is 19.3. The lowest BCUT2D eigenvalue weighted by Crippen LogP contribution is -2.43. The molecule has 0 aromatic heterocycles. The second-order valence-corrected chi connectivity index (χ2v) is 14.4. The number of hydrogen-bond acceptors (Lipinski definition) is 5. The summed E-state index contributed by atoms with van der Waals surface area (Å²) in [7, 11) is 1.78. The van der Waals surface area contributed by atoms with E-state index >= 15 is 0 Å². The number of carbonyl (C=O) groups is 1. The van der Waals surface area contributed by atoms with Crippen molar-refractivity contribution in [2.75, 3.05) is 52.1 Å². The van der Waals surface area contributed by atoms with Crippen LogP contribution in [0.15, 0.2) is 109 Å². The highest BCUT2D eigenvalue weighted by Crippen LogP contribution is 2.48. The molecule has 1 atom stereocenters. The fourth-order valence-electron chi connectivity index (χ4n) is 7.53. The van der Waals surface area contributed by atoms with Crippen molar-refractivity contribution in [3.63, 3.8) is 0 Å². The second kappa shape index (κ2) is 19.0. The fraction of sp³-hybridized carbons (Fsp3) is 0.419. The maximum absolute atomic E-state index is 13.3. The summed E-state index contributed by atoms with van der Waals surface area (Å²) >= 11 is 1.89. The van der Waals surface area contributed by atoms with Crippen LogP contribution in [0, 0.1) is 0 Å². The molecule has 1 aliphatic rings. The largest absolute Gasteiger partial charge is 0.496 e. The zero-order chi connectivity index (χ0) is 34.3. The lowest BCUT2D eigenvalue weighted by Gasteiger charge is -2.36. The van der Waals surface area contributed by atoms with Gasteiger partial charge >= 0.3 is 0 Å². The molecule has 0 spiro atoms. The fourth-order valence-corrected chi connectivity index (χ4v) is 8.94. The van der Waals surface area contributed by atoms with Gasteiger partial charge in [-0.05, 0) is 98.6 Å². The van der Waals surface area contributed by atoms with Gasteiger partial charge in [0.25, 0.3) is 0 Å². The first-order chi connectivity index (χ1) is 24.1. The smallest absolute Gasteiger partial charge is 0.234 e. The molecular weight excluding hydrogens is 623 g/mol. The topological polar surface area (TPSA) is 44.8 Å². The van der Waals surface area contributed by atoms with Gasteiger partial charge in [0.15, 0.2) is 0 Å². The standard InChI is InChI=1S/C43H55N3O2S/c1-4-28-45(30-16-31-46(29-5-2)39-25-26-40-35(33-39)17-15-24-41(40)48-3)34-42(47)44-27-32-49-43(36-18-9-6-10-19-36,37-20-11-7-12-21-37)38-22-13-8-14-23-38/h6-15,17-24,39H,4-5,16,25-34H2,1-3H3,(H,44,47). The number of fused-ring (bicyclic) bond motifs is 1. The quantitative estimate of drug-likeness (QED) is 0.0801. The number of hydrogen-bond donors (Lipinski definition) is 1. The van der Waals surface area contributed by atoms with Crippen LogP contribution in [0.25, 0.3) is 0 Å².